The molecule has 0 spiro atoms. The summed E-state index contributed by atoms with van der Waals surface area (Å²) in [5.74, 6) is 1.56. The lowest BCUT2D eigenvalue weighted by Crippen LogP contribution is -2.20. The molecule has 0 heterocycles. The molecule has 1 aromatic carbocycles. The Kier molecular flexibility index (Phi) is 11.7. The molecule has 0 aliphatic heterocycles. The number of esters is 1. The molecule has 1 rings (SSSR count). The molecule has 9 heteroatoms. The third kappa shape index (κ3) is 10.5. The minimum Gasteiger partial charge on any atom is -0.466 e. The largest absolute Gasteiger partial charge is 0.466 e. The predicted molar refractivity (Wildman–Crippen MR) is 104 cm³/mol. The van der Waals surface area contributed by atoms with Gasteiger partial charge in [-0.2, -0.15) is 0 Å². The van der Waals surface area contributed by atoms with Crippen LogP contribution in [-0.2, 0) is 19.1 Å². The minimum absolute atomic E-state index is 0. The van der Waals surface area contributed by atoms with Crippen LogP contribution in [0.2, 0.25) is 0 Å². The molecular formula is C18H23ClN4O4. The molecule has 0 atom stereocenters. The van der Waals surface area contributed by atoms with Gasteiger partial charge in [-0.15, -0.1) is 12.4 Å². The van der Waals surface area contributed by atoms with Crippen molar-refractivity contribution in [1.82, 2.24) is 5.32 Å². The lowest BCUT2D eigenvalue weighted by Gasteiger charge is -2.05. The van der Waals surface area contributed by atoms with E-state index in [1.54, 1.807) is 31.2 Å². The average Bonchev–Trinajstić information content (AvgIpc) is 2.60. The van der Waals surface area contributed by atoms with E-state index in [1.807, 2.05) is 0 Å². The van der Waals surface area contributed by atoms with Crippen LogP contribution in [0.25, 0.3) is 0 Å². The van der Waals surface area contributed by atoms with Crippen molar-refractivity contribution >= 4 is 41.7 Å². The maximum Gasteiger partial charge on any atom is 0.306 e. The van der Waals surface area contributed by atoms with E-state index in [1.165, 1.54) is 0 Å². The molecule has 0 saturated heterocycles. The first kappa shape index (κ1) is 23.9. The van der Waals surface area contributed by atoms with E-state index in [-0.39, 0.29) is 61.7 Å². The SMILES string of the molecule is CCOC(=O)CCC#CNC(=O)CCC(=O)Nc1ccc(C(=N)N)cc1.Cl. The Labute approximate surface area is 164 Å². The van der Waals surface area contributed by atoms with Gasteiger partial charge in [0.1, 0.15) is 5.84 Å². The number of nitrogens with one attached hydrogen (secondary N) is 3. The van der Waals surface area contributed by atoms with E-state index in [4.69, 9.17) is 15.9 Å². The third-order valence-electron chi connectivity index (χ3n) is 3.11. The summed E-state index contributed by atoms with van der Waals surface area (Å²) >= 11 is 0. The smallest absolute Gasteiger partial charge is 0.306 e. The van der Waals surface area contributed by atoms with Crippen LogP contribution in [0.5, 0.6) is 0 Å². The summed E-state index contributed by atoms with van der Waals surface area (Å²) in [5.41, 5.74) is 6.46. The Morgan fingerprint density at radius 3 is 2.33 bits per heavy atom. The van der Waals surface area contributed by atoms with Gasteiger partial charge in [0.05, 0.1) is 13.0 Å². The zero-order chi connectivity index (χ0) is 19.4. The molecule has 0 saturated carbocycles. The zero-order valence-corrected chi connectivity index (χ0v) is 15.8. The number of ether oxygens (including phenoxy) is 1. The Morgan fingerprint density at radius 2 is 1.74 bits per heavy atom. The van der Waals surface area contributed by atoms with Crippen molar-refractivity contribution < 1.29 is 19.1 Å². The first-order chi connectivity index (χ1) is 12.4. The number of benzene rings is 1. The number of carbonyl (C=O) groups is 3. The molecule has 27 heavy (non-hydrogen) atoms. The third-order valence-corrected chi connectivity index (χ3v) is 3.11. The standard InChI is InChI=1S/C18H22N4O4.ClH/c1-2-26-17(25)5-3-4-12-21-15(23)10-11-16(24)22-14-8-6-13(7-9-14)18(19)20;/h6-9H,2-3,5,10-11H2,1H3,(H3,19,20)(H,21,23)(H,22,24);1H. The van der Waals surface area contributed by atoms with Crippen molar-refractivity contribution in [3.63, 3.8) is 0 Å². The number of hydrogen-bond donors (Lipinski definition) is 4. The number of nitrogens with two attached hydrogens (primary N) is 1. The minimum atomic E-state index is -0.379. The fourth-order valence-corrected chi connectivity index (χ4v) is 1.82. The molecule has 8 nitrogen and oxygen atoms in total. The van der Waals surface area contributed by atoms with Crippen LogP contribution in [0.4, 0.5) is 5.69 Å². The second-order valence-electron chi connectivity index (χ2n) is 5.19. The fraction of sp³-hybridized carbons (Fsp3) is 0.333. The molecule has 0 aromatic heterocycles. The molecule has 2 amide bonds. The summed E-state index contributed by atoms with van der Waals surface area (Å²) in [4.78, 5) is 34.5. The number of amidine groups is 1. The summed E-state index contributed by atoms with van der Waals surface area (Å²) in [7, 11) is 0. The average molecular weight is 395 g/mol. The fourth-order valence-electron chi connectivity index (χ4n) is 1.82. The van der Waals surface area contributed by atoms with Crippen LogP contribution in [-0.4, -0.2) is 30.2 Å². The van der Waals surface area contributed by atoms with Crippen LogP contribution < -0.4 is 16.4 Å². The van der Waals surface area contributed by atoms with E-state index in [0.717, 1.165) is 0 Å². The number of amides is 2. The van der Waals surface area contributed by atoms with E-state index < -0.39 is 0 Å². The van der Waals surface area contributed by atoms with Gasteiger partial charge < -0.3 is 15.8 Å². The van der Waals surface area contributed by atoms with Crippen LogP contribution >= 0.6 is 12.4 Å². The van der Waals surface area contributed by atoms with Gasteiger partial charge >= 0.3 is 5.97 Å². The Balaban J connectivity index is 0.00000676. The van der Waals surface area contributed by atoms with E-state index in [9.17, 15) is 14.4 Å². The van der Waals surface area contributed by atoms with Gasteiger partial charge in [-0.3, -0.25) is 25.1 Å². The molecular weight excluding hydrogens is 372 g/mol. The number of carbonyl (C=O) groups excluding carboxylic acids is 3. The molecule has 0 radical (unpaired) electrons. The maximum absolute atomic E-state index is 11.8. The zero-order valence-electron chi connectivity index (χ0n) is 15.0. The highest BCUT2D eigenvalue weighted by atomic mass is 35.5. The highest BCUT2D eigenvalue weighted by Crippen LogP contribution is 2.09. The van der Waals surface area contributed by atoms with Crippen molar-refractivity contribution in [3.8, 4) is 12.0 Å². The summed E-state index contributed by atoms with van der Waals surface area (Å²) in [5, 5.41) is 12.3. The Morgan fingerprint density at radius 1 is 1.11 bits per heavy atom. The van der Waals surface area contributed by atoms with Gasteiger partial charge in [0.25, 0.3) is 0 Å². The first-order valence-electron chi connectivity index (χ1n) is 8.09. The lowest BCUT2D eigenvalue weighted by atomic mass is 10.2. The van der Waals surface area contributed by atoms with E-state index >= 15 is 0 Å². The van der Waals surface area contributed by atoms with Crippen LogP contribution in [0.15, 0.2) is 24.3 Å². The molecule has 146 valence electrons. The second-order valence-corrected chi connectivity index (χ2v) is 5.19. The van der Waals surface area contributed by atoms with Gasteiger partial charge in [0, 0.05) is 36.6 Å². The van der Waals surface area contributed by atoms with Gasteiger partial charge in [0.15, 0.2) is 0 Å². The molecule has 0 aliphatic rings. The van der Waals surface area contributed by atoms with Crippen molar-refractivity contribution in [2.24, 2.45) is 5.73 Å². The number of halogens is 1. The molecule has 5 N–H and O–H groups in total. The van der Waals surface area contributed by atoms with Gasteiger partial charge in [-0.05, 0) is 31.2 Å². The Bertz CT molecular complexity index is 723. The Hall–Kier alpha value is -3.05. The van der Waals surface area contributed by atoms with E-state index in [2.05, 4.69) is 22.6 Å². The summed E-state index contributed by atoms with van der Waals surface area (Å²) < 4.78 is 4.75. The monoisotopic (exact) mass is 394 g/mol. The topological polar surface area (TPSA) is 134 Å². The maximum atomic E-state index is 11.8. The molecule has 0 aliphatic carbocycles. The quantitative estimate of drug-likeness (QED) is 0.174. The summed E-state index contributed by atoms with van der Waals surface area (Å²) in [6.07, 6.45) is 0.451. The van der Waals surface area contributed by atoms with Crippen LogP contribution in [0.1, 0.15) is 38.2 Å². The van der Waals surface area contributed by atoms with Crippen molar-refractivity contribution in [3.05, 3.63) is 29.8 Å². The van der Waals surface area contributed by atoms with Crippen molar-refractivity contribution in [2.75, 3.05) is 11.9 Å². The molecule has 0 fully saturated rings. The highest BCUT2D eigenvalue weighted by Gasteiger charge is 2.07. The normalized spacial score (nSPS) is 9.07. The second kappa shape index (κ2) is 13.2. The predicted octanol–water partition coefficient (Wildman–Crippen LogP) is 1.53. The highest BCUT2D eigenvalue weighted by molar-refractivity contribution is 5.96. The van der Waals surface area contributed by atoms with Gasteiger partial charge in [-0.25, -0.2) is 0 Å². The number of hydrogen-bond acceptors (Lipinski definition) is 5. The van der Waals surface area contributed by atoms with Crippen LogP contribution in [0.3, 0.4) is 0 Å². The van der Waals surface area contributed by atoms with Crippen molar-refractivity contribution in [1.29, 1.82) is 5.41 Å². The lowest BCUT2D eigenvalue weighted by molar-refractivity contribution is -0.143. The number of rotatable bonds is 8. The molecule has 1 aromatic rings. The number of nitrogen functional groups attached to an aromatic ring is 1. The summed E-state index contributed by atoms with van der Waals surface area (Å²) in [6, 6.07) is 8.95. The molecule has 0 unspecified atom stereocenters. The van der Waals surface area contributed by atoms with Crippen molar-refractivity contribution in [2.45, 2.75) is 32.6 Å². The van der Waals surface area contributed by atoms with Gasteiger partial charge in [0.2, 0.25) is 11.8 Å². The van der Waals surface area contributed by atoms with Crippen LogP contribution in [0, 0.1) is 17.4 Å². The number of anilines is 1. The first-order valence-corrected chi connectivity index (χ1v) is 8.09. The summed E-state index contributed by atoms with van der Waals surface area (Å²) in [6.45, 7) is 2.05. The van der Waals surface area contributed by atoms with Gasteiger partial charge in [-0.1, -0.05) is 5.92 Å². The molecule has 0 bridgehead atoms. The van der Waals surface area contributed by atoms with E-state index in [0.29, 0.717) is 17.9 Å².